The summed E-state index contributed by atoms with van der Waals surface area (Å²) in [5, 5.41) is 0. The molecule has 0 spiro atoms. The van der Waals surface area contributed by atoms with Crippen molar-refractivity contribution in [1.82, 2.24) is 0 Å². The van der Waals surface area contributed by atoms with Crippen LogP contribution in [0.15, 0.2) is 18.2 Å². The molecule has 15 heavy (non-hydrogen) atoms. The van der Waals surface area contributed by atoms with Crippen LogP contribution in [0.3, 0.4) is 0 Å². The van der Waals surface area contributed by atoms with Gasteiger partial charge in [-0.25, -0.2) is 0 Å². The monoisotopic (exact) mass is 248 g/mol. The summed E-state index contributed by atoms with van der Waals surface area (Å²) in [6.07, 6.45) is 1.73. The summed E-state index contributed by atoms with van der Waals surface area (Å²) >= 11 is 5.68. The van der Waals surface area contributed by atoms with Gasteiger partial charge in [0.05, 0.1) is 6.26 Å². The first kappa shape index (κ1) is 12.3. The highest BCUT2D eigenvalue weighted by Gasteiger charge is 2.09. The number of aryl methyl sites for hydroxylation is 1. The van der Waals surface area contributed by atoms with Crippen LogP contribution in [-0.2, 0) is 22.4 Å². The van der Waals surface area contributed by atoms with E-state index in [4.69, 9.17) is 15.8 Å². The van der Waals surface area contributed by atoms with E-state index in [1.807, 2.05) is 13.0 Å². The van der Waals surface area contributed by atoms with Crippen molar-refractivity contribution in [3.8, 4) is 5.75 Å². The van der Waals surface area contributed by atoms with Crippen LogP contribution in [-0.4, -0.2) is 14.7 Å². The molecule has 0 radical (unpaired) electrons. The third-order valence-electron chi connectivity index (χ3n) is 1.90. The number of halogens is 1. The number of hydrogen-bond acceptors (Lipinski definition) is 3. The highest BCUT2D eigenvalue weighted by molar-refractivity contribution is 7.86. The summed E-state index contributed by atoms with van der Waals surface area (Å²) in [5.74, 6) is 0.792. The quantitative estimate of drug-likeness (QED) is 0.607. The predicted molar refractivity (Wildman–Crippen MR) is 60.8 cm³/mol. The number of benzene rings is 1. The summed E-state index contributed by atoms with van der Waals surface area (Å²) in [4.78, 5) is 0. The molecule has 0 N–H and O–H groups in total. The Morgan fingerprint density at radius 2 is 2.07 bits per heavy atom. The third-order valence-corrected chi connectivity index (χ3v) is 2.69. The molecule has 84 valence electrons. The maximum Gasteiger partial charge on any atom is 0.306 e. The number of alkyl halides is 1. The lowest BCUT2D eigenvalue weighted by atomic mass is 10.1. The maximum absolute atomic E-state index is 11.0. The van der Waals surface area contributed by atoms with Gasteiger partial charge in [0, 0.05) is 5.88 Å². The Kier molecular flexibility index (Phi) is 3.99. The fourth-order valence-electron chi connectivity index (χ4n) is 1.24. The first-order chi connectivity index (χ1) is 6.96. The van der Waals surface area contributed by atoms with E-state index in [1.165, 1.54) is 0 Å². The molecule has 0 heterocycles. The Morgan fingerprint density at radius 1 is 1.40 bits per heavy atom. The number of hydrogen-bond donors (Lipinski definition) is 0. The summed E-state index contributed by atoms with van der Waals surface area (Å²) < 4.78 is 26.8. The van der Waals surface area contributed by atoms with Gasteiger partial charge >= 0.3 is 10.1 Å². The second-order valence-corrected chi connectivity index (χ2v) is 5.06. The molecule has 0 aliphatic rings. The lowest BCUT2D eigenvalue weighted by molar-refractivity contribution is 0.490. The highest BCUT2D eigenvalue weighted by Crippen LogP contribution is 2.22. The Hall–Kier alpha value is -0.740. The Labute approximate surface area is 95.1 Å². The van der Waals surface area contributed by atoms with E-state index in [1.54, 1.807) is 12.1 Å². The molecule has 0 atom stereocenters. The van der Waals surface area contributed by atoms with Crippen LogP contribution in [0.4, 0.5) is 0 Å². The average molecular weight is 249 g/mol. The van der Waals surface area contributed by atoms with E-state index in [0.29, 0.717) is 18.1 Å². The molecule has 0 amide bonds. The van der Waals surface area contributed by atoms with Crippen LogP contribution >= 0.6 is 11.6 Å². The maximum atomic E-state index is 11.0. The zero-order chi connectivity index (χ0) is 11.5. The van der Waals surface area contributed by atoms with Crippen molar-refractivity contribution in [3.05, 3.63) is 29.3 Å². The van der Waals surface area contributed by atoms with Crippen molar-refractivity contribution in [1.29, 1.82) is 0 Å². The fraction of sp³-hybridized carbons (Fsp3) is 0.400. The van der Waals surface area contributed by atoms with Crippen molar-refractivity contribution < 1.29 is 12.6 Å². The van der Waals surface area contributed by atoms with Gasteiger partial charge in [0.1, 0.15) is 5.75 Å². The van der Waals surface area contributed by atoms with E-state index in [0.717, 1.165) is 17.4 Å². The van der Waals surface area contributed by atoms with Gasteiger partial charge in [0.15, 0.2) is 0 Å². The summed E-state index contributed by atoms with van der Waals surface area (Å²) in [5.41, 5.74) is 1.80. The van der Waals surface area contributed by atoms with Crippen LogP contribution in [0.25, 0.3) is 0 Å². The molecular formula is C10H13ClO3S. The van der Waals surface area contributed by atoms with Gasteiger partial charge in [0.25, 0.3) is 0 Å². The lowest BCUT2D eigenvalue weighted by Crippen LogP contribution is -2.07. The first-order valence-electron chi connectivity index (χ1n) is 4.53. The molecule has 0 aliphatic heterocycles. The average Bonchev–Trinajstić information content (AvgIpc) is 2.16. The van der Waals surface area contributed by atoms with Crippen LogP contribution in [0.2, 0.25) is 0 Å². The molecule has 5 heteroatoms. The molecule has 3 nitrogen and oxygen atoms in total. The molecule has 0 aliphatic carbocycles. The zero-order valence-corrected chi connectivity index (χ0v) is 10.2. The smallest absolute Gasteiger partial charge is 0.306 e. The molecule has 1 rings (SSSR count). The summed E-state index contributed by atoms with van der Waals surface area (Å²) in [6, 6.07) is 5.25. The lowest BCUT2D eigenvalue weighted by Gasteiger charge is -2.09. The molecule has 0 saturated carbocycles. The Bertz CT molecular complexity index is 440. The topological polar surface area (TPSA) is 43.4 Å². The van der Waals surface area contributed by atoms with Crippen molar-refractivity contribution in [3.63, 3.8) is 0 Å². The Morgan fingerprint density at radius 3 is 2.53 bits per heavy atom. The van der Waals surface area contributed by atoms with Gasteiger partial charge in [-0.1, -0.05) is 19.1 Å². The Balaban J connectivity index is 3.08. The van der Waals surface area contributed by atoms with E-state index in [2.05, 4.69) is 0 Å². The van der Waals surface area contributed by atoms with Gasteiger partial charge in [-0.15, -0.1) is 11.6 Å². The van der Waals surface area contributed by atoms with Gasteiger partial charge in [-0.2, -0.15) is 8.42 Å². The molecular weight excluding hydrogens is 236 g/mol. The van der Waals surface area contributed by atoms with Crippen molar-refractivity contribution in [2.45, 2.75) is 19.2 Å². The summed E-state index contributed by atoms with van der Waals surface area (Å²) in [6.45, 7) is 1.93. The molecule has 1 aromatic rings. The third kappa shape index (κ3) is 3.72. The molecule has 0 fully saturated rings. The van der Waals surface area contributed by atoms with E-state index in [9.17, 15) is 8.42 Å². The molecule has 1 aromatic carbocycles. The van der Waals surface area contributed by atoms with Crippen LogP contribution < -0.4 is 4.18 Å². The number of rotatable bonds is 4. The normalized spacial score (nSPS) is 11.4. The highest BCUT2D eigenvalue weighted by atomic mass is 35.5. The molecule has 0 unspecified atom stereocenters. The molecule has 0 saturated heterocycles. The molecule has 0 bridgehead atoms. The van der Waals surface area contributed by atoms with E-state index < -0.39 is 10.1 Å². The zero-order valence-electron chi connectivity index (χ0n) is 8.66. The second kappa shape index (κ2) is 4.86. The van der Waals surface area contributed by atoms with Crippen molar-refractivity contribution in [2.75, 3.05) is 6.26 Å². The van der Waals surface area contributed by atoms with Gasteiger partial charge in [0.2, 0.25) is 0 Å². The largest absolute Gasteiger partial charge is 0.382 e. The van der Waals surface area contributed by atoms with Crippen LogP contribution in [0, 0.1) is 0 Å². The van der Waals surface area contributed by atoms with Crippen molar-refractivity contribution in [2.24, 2.45) is 0 Å². The predicted octanol–water partition coefficient (Wildman–Crippen LogP) is 2.33. The standard InChI is InChI=1S/C10H13ClO3S/c1-3-9-6-8(7-11)4-5-10(9)14-15(2,12)13/h4-6H,3,7H2,1-2H3. The minimum atomic E-state index is -3.46. The second-order valence-electron chi connectivity index (χ2n) is 3.22. The van der Waals surface area contributed by atoms with Gasteiger partial charge < -0.3 is 4.18 Å². The fourth-order valence-corrected chi connectivity index (χ4v) is 1.89. The minimum absolute atomic E-state index is 0.383. The van der Waals surface area contributed by atoms with Gasteiger partial charge in [-0.3, -0.25) is 0 Å². The first-order valence-corrected chi connectivity index (χ1v) is 6.88. The SMILES string of the molecule is CCc1cc(CCl)ccc1OS(C)(=O)=O. The molecule has 0 aromatic heterocycles. The van der Waals surface area contributed by atoms with Crippen LogP contribution in [0.5, 0.6) is 5.75 Å². The van der Waals surface area contributed by atoms with E-state index >= 15 is 0 Å². The van der Waals surface area contributed by atoms with Crippen LogP contribution in [0.1, 0.15) is 18.1 Å². The van der Waals surface area contributed by atoms with Gasteiger partial charge in [-0.05, 0) is 23.6 Å². The minimum Gasteiger partial charge on any atom is -0.382 e. The van der Waals surface area contributed by atoms with Crippen molar-refractivity contribution >= 4 is 21.7 Å². The van der Waals surface area contributed by atoms with E-state index in [-0.39, 0.29) is 0 Å². The summed E-state index contributed by atoms with van der Waals surface area (Å²) in [7, 11) is -3.46.